The third kappa shape index (κ3) is 42.0. The lowest BCUT2D eigenvalue weighted by atomic mass is 10.1. The standard InChI is InChI=1S/C45H75O8P/c1-3-5-7-9-11-13-15-17-19-20-21-22-23-24-26-28-30-32-34-36-38-40-45(47)53-43(42-52-54(48,49)50)41-51-44(46)39-37-35-33-31-29-27-25-18-16-14-12-10-8-6-4-2/h12,14,18-20,22-23,25-26,28-29,31-32,34,43H,3-11,13,15-17,21,24,27,30,33,35-42H2,1-2H3,(H2,48,49,50)/b14-12+,20-19+,23-22+,25-18+,28-26+,31-29+,34-32+/t43-/m1/s1. The topological polar surface area (TPSA) is 119 Å². The summed E-state index contributed by atoms with van der Waals surface area (Å²) in [5.41, 5.74) is 0. The maximum Gasteiger partial charge on any atom is 0.469 e. The highest BCUT2D eigenvalue weighted by Gasteiger charge is 2.22. The molecule has 0 spiro atoms. The number of esters is 2. The van der Waals surface area contributed by atoms with Gasteiger partial charge in [-0.25, -0.2) is 4.57 Å². The molecule has 0 saturated heterocycles. The van der Waals surface area contributed by atoms with Gasteiger partial charge in [0.05, 0.1) is 6.61 Å². The van der Waals surface area contributed by atoms with Crippen LogP contribution in [0.4, 0.5) is 0 Å². The number of carbonyl (C=O) groups is 2. The molecule has 8 nitrogen and oxygen atoms in total. The minimum Gasteiger partial charge on any atom is -0.462 e. The van der Waals surface area contributed by atoms with Crippen molar-refractivity contribution in [3.63, 3.8) is 0 Å². The van der Waals surface area contributed by atoms with Gasteiger partial charge in [0.15, 0.2) is 6.10 Å². The molecule has 0 radical (unpaired) electrons. The Balaban J connectivity index is 4.11. The van der Waals surface area contributed by atoms with E-state index in [0.29, 0.717) is 19.3 Å². The number of phosphoric acid groups is 1. The first-order valence-electron chi connectivity index (χ1n) is 20.9. The molecular weight excluding hydrogens is 699 g/mol. The van der Waals surface area contributed by atoms with E-state index in [1.165, 1.54) is 70.6 Å². The highest BCUT2D eigenvalue weighted by molar-refractivity contribution is 7.46. The summed E-state index contributed by atoms with van der Waals surface area (Å²) in [5, 5.41) is 0. The Bertz CT molecular complexity index is 1140. The zero-order chi connectivity index (χ0) is 39.6. The van der Waals surface area contributed by atoms with E-state index in [2.05, 4.69) is 97.4 Å². The lowest BCUT2D eigenvalue weighted by molar-refractivity contribution is -0.161. The van der Waals surface area contributed by atoms with Crippen LogP contribution in [0, 0.1) is 0 Å². The molecule has 0 aliphatic carbocycles. The molecule has 0 aromatic heterocycles. The molecule has 308 valence electrons. The SMILES string of the molecule is CCCCC/C=C/C/C=C/C/C=C/CCCCC(=O)OC[C@H](COP(=O)(O)O)OC(=O)CCC/C=C/C/C=C/C/C=C/C/C=C/CCCCCCCCC. The Hall–Kier alpha value is -2.77. The predicted octanol–water partition coefficient (Wildman–Crippen LogP) is 12.8. The predicted molar refractivity (Wildman–Crippen MR) is 225 cm³/mol. The van der Waals surface area contributed by atoms with E-state index >= 15 is 0 Å². The molecule has 0 amide bonds. The van der Waals surface area contributed by atoms with E-state index in [1.54, 1.807) is 0 Å². The Morgan fingerprint density at radius 3 is 1.33 bits per heavy atom. The Kier molecular flexibility index (Phi) is 37.9. The van der Waals surface area contributed by atoms with Gasteiger partial charge in [0.2, 0.25) is 0 Å². The molecule has 9 heteroatoms. The molecular formula is C45H75O8P. The van der Waals surface area contributed by atoms with E-state index < -0.39 is 32.5 Å². The van der Waals surface area contributed by atoms with Crippen molar-refractivity contribution >= 4 is 19.8 Å². The van der Waals surface area contributed by atoms with Gasteiger partial charge >= 0.3 is 19.8 Å². The summed E-state index contributed by atoms with van der Waals surface area (Å²) in [6.07, 6.45) is 53.1. The number of rotatable bonds is 37. The first-order chi connectivity index (χ1) is 26.3. The second-order valence-electron chi connectivity index (χ2n) is 13.6. The van der Waals surface area contributed by atoms with Gasteiger partial charge in [-0.2, -0.15) is 0 Å². The van der Waals surface area contributed by atoms with Crippen molar-refractivity contribution in [1.82, 2.24) is 0 Å². The minimum absolute atomic E-state index is 0.123. The molecule has 54 heavy (non-hydrogen) atoms. The van der Waals surface area contributed by atoms with Crippen LogP contribution in [0.1, 0.15) is 168 Å². The van der Waals surface area contributed by atoms with Crippen LogP contribution in [-0.4, -0.2) is 41.0 Å². The second-order valence-corrected chi connectivity index (χ2v) is 14.8. The third-order valence-corrected chi connectivity index (χ3v) is 8.87. The summed E-state index contributed by atoms with van der Waals surface area (Å²) < 4.78 is 26.3. The van der Waals surface area contributed by atoms with Crippen LogP contribution in [0.5, 0.6) is 0 Å². The summed E-state index contributed by atoms with van der Waals surface area (Å²) in [7, 11) is -4.78. The molecule has 0 unspecified atom stereocenters. The van der Waals surface area contributed by atoms with E-state index in [-0.39, 0.29) is 19.4 Å². The van der Waals surface area contributed by atoms with E-state index in [9.17, 15) is 14.2 Å². The van der Waals surface area contributed by atoms with Crippen molar-refractivity contribution < 1.29 is 37.9 Å². The molecule has 0 aliphatic rings. The first-order valence-corrected chi connectivity index (χ1v) is 22.4. The van der Waals surface area contributed by atoms with Crippen LogP contribution in [-0.2, 0) is 28.2 Å². The fourth-order valence-corrected chi connectivity index (χ4v) is 5.61. The number of phosphoric ester groups is 1. The lowest BCUT2D eigenvalue weighted by Crippen LogP contribution is -2.29. The summed E-state index contributed by atoms with van der Waals surface area (Å²) in [6, 6.07) is 0. The molecule has 0 aromatic rings. The van der Waals surface area contributed by atoms with Gasteiger partial charge in [-0.05, 0) is 89.9 Å². The summed E-state index contributed by atoms with van der Waals surface area (Å²) in [6.45, 7) is 3.56. The number of carbonyl (C=O) groups excluding carboxylic acids is 2. The van der Waals surface area contributed by atoms with Gasteiger partial charge in [-0.1, -0.05) is 150 Å². The van der Waals surface area contributed by atoms with Crippen molar-refractivity contribution in [3.05, 3.63) is 85.1 Å². The van der Waals surface area contributed by atoms with Crippen molar-refractivity contribution in [2.75, 3.05) is 13.2 Å². The molecule has 0 fully saturated rings. The number of ether oxygens (including phenoxy) is 2. The molecule has 0 saturated carbocycles. The van der Waals surface area contributed by atoms with Crippen LogP contribution in [0.15, 0.2) is 85.1 Å². The van der Waals surface area contributed by atoms with Crippen LogP contribution in [0.3, 0.4) is 0 Å². The van der Waals surface area contributed by atoms with E-state index in [4.69, 9.17) is 19.3 Å². The maximum atomic E-state index is 12.4. The van der Waals surface area contributed by atoms with Crippen molar-refractivity contribution in [2.45, 2.75) is 174 Å². The van der Waals surface area contributed by atoms with Gasteiger partial charge in [0.25, 0.3) is 0 Å². The first kappa shape index (κ1) is 51.2. The van der Waals surface area contributed by atoms with Crippen molar-refractivity contribution in [2.24, 2.45) is 0 Å². The smallest absolute Gasteiger partial charge is 0.462 e. The zero-order valence-electron chi connectivity index (χ0n) is 33.8. The summed E-state index contributed by atoms with van der Waals surface area (Å²) >= 11 is 0. The molecule has 0 heterocycles. The molecule has 0 rings (SSSR count). The Labute approximate surface area is 329 Å². The molecule has 1 atom stereocenters. The van der Waals surface area contributed by atoms with E-state index in [0.717, 1.165) is 51.4 Å². The van der Waals surface area contributed by atoms with Crippen LogP contribution < -0.4 is 0 Å². The van der Waals surface area contributed by atoms with Gasteiger partial charge < -0.3 is 19.3 Å². The number of hydrogen-bond acceptors (Lipinski definition) is 6. The lowest BCUT2D eigenvalue weighted by Gasteiger charge is -2.18. The average Bonchev–Trinajstić information content (AvgIpc) is 3.14. The zero-order valence-corrected chi connectivity index (χ0v) is 34.7. The number of allylic oxidation sites excluding steroid dienone is 14. The van der Waals surface area contributed by atoms with Gasteiger partial charge in [0, 0.05) is 12.8 Å². The highest BCUT2D eigenvalue weighted by atomic mass is 31.2. The molecule has 0 bridgehead atoms. The van der Waals surface area contributed by atoms with Gasteiger partial charge in [-0.15, -0.1) is 0 Å². The number of unbranched alkanes of at least 4 members (excludes halogenated alkanes) is 13. The van der Waals surface area contributed by atoms with Gasteiger partial charge in [-0.3, -0.25) is 14.1 Å². The van der Waals surface area contributed by atoms with Crippen LogP contribution in [0.25, 0.3) is 0 Å². The van der Waals surface area contributed by atoms with E-state index in [1.807, 2.05) is 6.08 Å². The van der Waals surface area contributed by atoms with Gasteiger partial charge in [0.1, 0.15) is 6.61 Å². The minimum atomic E-state index is -4.78. The largest absolute Gasteiger partial charge is 0.469 e. The quantitative estimate of drug-likeness (QED) is 0.0277. The Morgan fingerprint density at radius 1 is 0.481 bits per heavy atom. The second kappa shape index (κ2) is 39.9. The van der Waals surface area contributed by atoms with Crippen LogP contribution in [0.2, 0.25) is 0 Å². The third-order valence-electron chi connectivity index (χ3n) is 8.39. The fourth-order valence-electron chi connectivity index (χ4n) is 5.25. The normalized spacial score (nSPS) is 13.3. The van der Waals surface area contributed by atoms with Crippen LogP contribution >= 0.6 is 7.82 Å². The monoisotopic (exact) mass is 775 g/mol. The van der Waals surface area contributed by atoms with Crippen molar-refractivity contribution in [1.29, 1.82) is 0 Å². The molecule has 0 aromatic carbocycles. The Morgan fingerprint density at radius 2 is 0.852 bits per heavy atom. The average molecular weight is 775 g/mol. The highest BCUT2D eigenvalue weighted by Crippen LogP contribution is 2.36. The maximum absolute atomic E-state index is 12.4. The summed E-state index contributed by atoms with van der Waals surface area (Å²) in [5.74, 6) is -1.00. The summed E-state index contributed by atoms with van der Waals surface area (Å²) in [4.78, 5) is 42.8. The number of hydrogen-bond donors (Lipinski definition) is 2. The molecule has 0 aliphatic heterocycles. The van der Waals surface area contributed by atoms with Crippen molar-refractivity contribution in [3.8, 4) is 0 Å². The molecule has 2 N–H and O–H groups in total. The fraction of sp³-hybridized carbons (Fsp3) is 0.644.